The Bertz CT molecular complexity index is 848. The molecule has 1 saturated carbocycles. The molecule has 1 heterocycles. The fraction of sp³-hybridized carbons (Fsp3) is 0.450. The van der Waals surface area contributed by atoms with Gasteiger partial charge in [-0.15, -0.1) is 0 Å². The lowest BCUT2D eigenvalue weighted by molar-refractivity contribution is -0.150. The molecule has 0 unspecified atom stereocenters. The molecule has 1 aromatic carbocycles. The van der Waals surface area contributed by atoms with E-state index in [-0.39, 0.29) is 0 Å². The van der Waals surface area contributed by atoms with Crippen LogP contribution in [0.15, 0.2) is 30.3 Å². The summed E-state index contributed by atoms with van der Waals surface area (Å²) in [4.78, 5) is 60.5. The molecule has 10 nitrogen and oxygen atoms in total. The third-order valence-electron chi connectivity index (χ3n) is 5.32. The predicted molar refractivity (Wildman–Crippen MR) is 104 cm³/mol. The Morgan fingerprint density at radius 1 is 1.17 bits per heavy atom. The number of imide groups is 1. The van der Waals surface area contributed by atoms with Crippen LogP contribution in [0.3, 0.4) is 0 Å². The van der Waals surface area contributed by atoms with E-state index in [0.29, 0.717) is 29.3 Å². The molecule has 2 aliphatic rings. The van der Waals surface area contributed by atoms with Crippen molar-refractivity contribution in [1.82, 2.24) is 21.1 Å². The molecule has 2 fully saturated rings. The van der Waals surface area contributed by atoms with E-state index in [1.807, 2.05) is 0 Å². The van der Waals surface area contributed by atoms with Gasteiger partial charge in [-0.2, -0.15) is 5.01 Å². The standard InChI is InChI=1S/C20H24N4O6/c1-13-7-9-20(10-8-13)18(28)24(19(29)22-20)23-15(25)12-30-16(26)11-21-17(27)14-5-3-2-4-6-14/h2-6,13H,7-12H2,1H3,(H,21,27)(H,22,29)(H,23,25). The molecule has 1 spiro atoms. The Morgan fingerprint density at radius 2 is 1.83 bits per heavy atom. The van der Waals surface area contributed by atoms with Gasteiger partial charge >= 0.3 is 12.0 Å². The van der Waals surface area contributed by atoms with Crippen LogP contribution in [0.2, 0.25) is 0 Å². The lowest BCUT2D eigenvalue weighted by Crippen LogP contribution is -2.52. The second-order valence-electron chi connectivity index (χ2n) is 7.58. The Kier molecular flexibility index (Phi) is 6.34. The van der Waals surface area contributed by atoms with Crippen molar-refractivity contribution in [1.29, 1.82) is 0 Å². The normalized spacial score (nSPS) is 23.1. The summed E-state index contributed by atoms with van der Waals surface area (Å²) >= 11 is 0. The van der Waals surface area contributed by atoms with E-state index in [1.54, 1.807) is 30.3 Å². The zero-order chi connectivity index (χ0) is 21.7. The number of hydrazine groups is 1. The lowest BCUT2D eigenvalue weighted by Gasteiger charge is -2.33. The fourth-order valence-electron chi connectivity index (χ4n) is 3.51. The number of amides is 5. The Balaban J connectivity index is 1.43. The molecule has 5 amide bonds. The van der Waals surface area contributed by atoms with Crippen molar-refractivity contribution < 1.29 is 28.7 Å². The molecule has 1 aliphatic heterocycles. The van der Waals surface area contributed by atoms with Crippen LogP contribution in [0.5, 0.6) is 0 Å². The van der Waals surface area contributed by atoms with E-state index in [9.17, 15) is 24.0 Å². The number of urea groups is 1. The predicted octanol–water partition coefficient (Wildman–Crippen LogP) is 0.492. The van der Waals surface area contributed by atoms with Crippen molar-refractivity contribution in [3.63, 3.8) is 0 Å². The summed E-state index contributed by atoms with van der Waals surface area (Å²) in [6, 6.07) is 7.60. The van der Waals surface area contributed by atoms with Crippen molar-refractivity contribution in [3.05, 3.63) is 35.9 Å². The highest BCUT2D eigenvalue weighted by Gasteiger charge is 2.52. The van der Waals surface area contributed by atoms with Gasteiger partial charge in [-0.3, -0.25) is 24.6 Å². The smallest absolute Gasteiger partial charge is 0.344 e. The highest BCUT2D eigenvalue weighted by molar-refractivity contribution is 6.08. The van der Waals surface area contributed by atoms with Crippen LogP contribution in [-0.4, -0.2) is 53.4 Å². The van der Waals surface area contributed by atoms with Crippen LogP contribution >= 0.6 is 0 Å². The van der Waals surface area contributed by atoms with Gasteiger partial charge in [0.2, 0.25) is 0 Å². The molecule has 30 heavy (non-hydrogen) atoms. The monoisotopic (exact) mass is 416 g/mol. The summed E-state index contributed by atoms with van der Waals surface area (Å²) in [7, 11) is 0. The third-order valence-corrected chi connectivity index (χ3v) is 5.32. The zero-order valence-electron chi connectivity index (χ0n) is 16.6. The summed E-state index contributed by atoms with van der Waals surface area (Å²) in [6.45, 7) is 0.969. The van der Waals surface area contributed by atoms with E-state index in [2.05, 4.69) is 23.0 Å². The number of rotatable bonds is 6. The van der Waals surface area contributed by atoms with E-state index in [0.717, 1.165) is 12.8 Å². The molecule has 0 aromatic heterocycles. The van der Waals surface area contributed by atoms with Crippen molar-refractivity contribution in [2.45, 2.75) is 38.1 Å². The van der Waals surface area contributed by atoms with Gasteiger partial charge in [0.05, 0.1) is 0 Å². The topological polar surface area (TPSA) is 134 Å². The molecule has 160 valence electrons. The van der Waals surface area contributed by atoms with Crippen LogP contribution < -0.4 is 16.1 Å². The molecular weight excluding hydrogens is 392 g/mol. The van der Waals surface area contributed by atoms with Crippen LogP contribution in [0.25, 0.3) is 0 Å². The van der Waals surface area contributed by atoms with E-state index in [1.165, 1.54) is 0 Å². The van der Waals surface area contributed by atoms with Crippen LogP contribution in [0, 0.1) is 5.92 Å². The van der Waals surface area contributed by atoms with Gasteiger partial charge in [-0.1, -0.05) is 25.1 Å². The average molecular weight is 416 g/mol. The molecule has 0 bridgehead atoms. The summed E-state index contributed by atoms with van der Waals surface area (Å²) < 4.78 is 4.79. The van der Waals surface area contributed by atoms with E-state index in [4.69, 9.17) is 4.74 Å². The zero-order valence-corrected chi connectivity index (χ0v) is 16.6. The number of carbonyl (C=O) groups is 5. The molecule has 1 aromatic rings. The summed E-state index contributed by atoms with van der Waals surface area (Å²) in [5.41, 5.74) is 1.58. The van der Waals surface area contributed by atoms with Gasteiger partial charge in [0.15, 0.2) is 6.61 Å². The average Bonchev–Trinajstić information content (AvgIpc) is 2.97. The number of hydrogen-bond acceptors (Lipinski definition) is 6. The van der Waals surface area contributed by atoms with Crippen molar-refractivity contribution in [3.8, 4) is 0 Å². The number of hydrogen-bond donors (Lipinski definition) is 3. The SMILES string of the molecule is CC1CCC2(CC1)NC(=O)N(NC(=O)COC(=O)CNC(=O)c1ccccc1)C2=O. The highest BCUT2D eigenvalue weighted by atomic mass is 16.5. The van der Waals surface area contributed by atoms with Gasteiger partial charge in [0.1, 0.15) is 12.1 Å². The minimum absolute atomic E-state index is 0.382. The lowest BCUT2D eigenvalue weighted by atomic mass is 9.77. The number of benzene rings is 1. The summed E-state index contributed by atoms with van der Waals surface area (Å²) in [5, 5.41) is 5.70. The quantitative estimate of drug-likeness (QED) is 0.457. The Morgan fingerprint density at radius 3 is 2.50 bits per heavy atom. The van der Waals surface area contributed by atoms with Crippen molar-refractivity contribution >= 4 is 29.7 Å². The first-order valence-electron chi connectivity index (χ1n) is 9.76. The molecule has 0 radical (unpaired) electrons. The molecule has 1 saturated heterocycles. The highest BCUT2D eigenvalue weighted by Crippen LogP contribution is 2.35. The third kappa shape index (κ3) is 4.76. The maximum absolute atomic E-state index is 12.7. The minimum Gasteiger partial charge on any atom is -0.454 e. The molecule has 1 aliphatic carbocycles. The van der Waals surface area contributed by atoms with Gasteiger partial charge < -0.3 is 15.4 Å². The number of ether oxygens (including phenoxy) is 1. The number of esters is 1. The van der Waals surface area contributed by atoms with Crippen molar-refractivity contribution in [2.75, 3.05) is 13.2 Å². The molecular formula is C20H24N4O6. The molecule has 3 rings (SSSR count). The fourth-order valence-corrected chi connectivity index (χ4v) is 3.51. The first kappa shape index (κ1) is 21.3. The van der Waals surface area contributed by atoms with Gasteiger partial charge in [0.25, 0.3) is 17.7 Å². The maximum atomic E-state index is 12.7. The van der Waals surface area contributed by atoms with Gasteiger partial charge in [-0.05, 0) is 43.7 Å². The van der Waals surface area contributed by atoms with Crippen LogP contribution in [-0.2, 0) is 19.1 Å². The molecule has 3 N–H and O–H groups in total. The first-order chi connectivity index (χ1) is 14.3. The van der Waals surface area contributed by atoms with E-state index >= 15 is 0 Å². The number of nitrogens with zero attached hydrogens (tertiary/aromatic N) is 1. The van der Waals surface area contributed by atoms with Crippen LogP contribution in [0.4, 0.5) is 4.79 Å². The molecule has 0 atom stereocenters. The van der Waals surface area contributed by atoms with Gasteiger partial charge in [0, 0.05) is 5.56 Å². The van der Waals surface area contributed by atoms with Gasteiger partial charge in [-0.25, -0.2) is 4.79 Å². The Hall–Kier alpha value is -3.43. The van der Waals surface area contributed by atoms with Crippen LogP contribution in [0.1, 0.15) is 43.0 Å². The number of carbonyl (C=O) groups excluding carboxylic acids is 5. The Labute approximate surface area is 173 Å². The maximum Gasteiger partial charge on any atom is 0.344 e. The largest absolute Gasteiger partial charge is 0.454 e. The summed E-state index contributed by atoms with van der Waals surface area (Å²) in [6.07, 6.45) is 2.64. The number of nitrogens with one attached hydrogen (secondary N) is 3. The van der Waals surface area contributed by atoms with Crippen molar-refractivity contribution in [2.24, 2.45) is 5.92 Å². The first-order valence-corrected chi connectivity index (χ1v) is 9.76. The second kappa shape index (κ2) is 8.93. The molecule has 10 heteroatoms. The summed E-state index contributed by atoms with van der Waals surface area (Å²) in [5.74, 6) is -2.14. The van der Waals surface area contributed by atoms with E-state index < -0.39 is 48.4 Å². The second-order valence-corrected chi connectivity index (χ2v) is 7.58. The minimum atomic E-state index is -0.977.